The molecular formula is C20H20N4OS2. The monoisotopic (exact) mass is 396 g/mol. The van der Waals surface area contributed by atoms with E-state index in [-0.39, 0.29) is 5.91 Å². The van der Waals surface area contributed by atoms with Gasteiger partial charge in [-0.1, -0.05) is 6.07 Å². The topological polar surface area (TPSA) is 58.1 Å². The number of hydrogen-bond donors (Lipinski definition) is 1. The van der Waals surface area contributed by atoms with E-state index in [1.54, 1.807) is 42.1 Å². The maximum atomic E-state index is 12.3. The molecule has 0 radical (unpaired) electrons. The third kappa shape index (κ3) is 3.57. The van der Waals surface area contributed by atoms with Gasteiger partial charge in [-0.3, -0.25) is 4.79 Å². The van der Waals surface area contributed by atoms with Gasteiger partial charge in [0.15, 0.2) is 0 Å². The number of thioether (sulfide) groups is 1. The smallest absolute Gasteiger partial charge is 0.263 e. The second-order valence-electron chi connectivity index (χ2n) is 6.84. The normalized spacial score (nSPS) is 12.3. The predicted octanol–water partition coefficient (Wildman–Crippen LogP) is 4.87. The van der Waals surface area contributed by atoms with Crippen LogP contribution in [0.25, 0.3) is 11.3 Å². The largest absolute Gasteiger partial charge is 0.344 e. The van der Waals surface area contributed by atoms with Crippen LogP contribution in [-0.4, -0.2) is 34.9 Å². The predicted molar refractivity (Wildman–Crippen MR) is 112 cm³/mol. The van der Waals surface area contributed by atoms with Crippen LogP contribution in [0.3, 0.4) is 0 Å². The molecule has 0 atom stereocenters. The van der Waals surface area contributed by atoms with Crippen molar-refractivity contribution >= 4 is 40.6 Å². The summed E-state index contributed by atoms with van der Waals surface area (Å²) in [6.07, 6.45) is 1.87. The van der Waals surface area contributed by atoms with Crippen LogP contribution >= 0.6 is 23.1 Å². The summed E-state index contributed by atoms with van der Waals surface area (Å²) >= 11 is 3.27. The van der Waals surface area contributed by atoms with E-state index < -0.39 is 0 Å². The Balaban J connectivity index is 1.70. The molecule has 27 heavy (non-hydrogen) atoms. The molecule has 0 fully saturated rings. The van der Waals surface area contributed by atoms with E-state index in [4.69, 9.17) is 4.98 Å². The summed E-state index contributed by atoms with van der Waals surface area (Å²) in [4.78, 5) is 26.2. The molecule has 1 aromatic carbocycles. The maximum Gasteiger partial charge on any atom is 0.263 e. The van der Waals surface area contributed by atoms with Gasteiger partial charge in [0.2, 0.25) is 5.95 Å². The molecule has 1 N–H and O–H groups in total. The molecule has 138 valence electrons. The van der Waals surface area contributed by atoms with Crippen LogP contribution in [0.15, 0.2) is 35.4 Å². The van der Waals surface area contributed by atoms with Crippen molar-refractivity contribution in [2.75, 3.05) is 19.4 Å². The van der Waals surface area contributed by atoms with Crippen LogP contribution in [0, 0.1) is 13.8 Å². The van der Waals surface area contributed by atoms with E-state index in [0.717, 1.165) is 32.5 Å². The molecule has 1 aliphatic heterocycles. The number of rotatable bonds is 3. The first-order chi connectivity index (χ1) is 12.9. The highest BCUT2D eigenvalue weighted by atomic mass is 32.2. The van der Waals surface area contributed by atoms with Gasteiger partial charge in [-0.05, 0) is 43.2 Å². The Labute approximate surface area is 166 Å². The average Bonchev–Trinajstić information content (AvgIpc) is 3.04. The molecule has 0 bridgehead atoms. The minimum Gasteiger partial charge on any atom is -0.344 e. The number of carbonyl (C=O) groups excluding carboxylic acids is 1. The third-order valence-electron chi connectivity index (χ3n) is 4.27. The van der Waals surface area contributed by atoms with E-state index in [9.17, 15) is 4.79 Å². The fourth-order valence-corrected chi connectivity index (χ4v) is 5.36. The fraction of sp³-hybridized carbons (Fsp3) is 0.250. The Morgan fingerprint density at radius 1 is 1.15 bits per heavy atom. The molecule has 2 aromatic heterocycles. The quantitative estimate of drug-likeness (QED) is 0.684. The number of amides is 1. The van der Waals surface area contributed by atoms with Crippen molar-refractivity contribution in [3.63, 3.8) is 0 Å². The first-order valence-corrected chi connectivity index (χ1v) is 10.4. The summed E-state index contributed by atoms with van der Waals surface area (Å²) in [5, 5.41) is 3.31. The van der Waals surface area contributed by atoms with Crippen molar-refractivity contribution in [3.05, 3.63) is 51.3 Å². The summed E-state index contributed by atoms with van der Waals surface area (Å²) in [5.74, 6) is 1.45. The minimum atomic E-state index is 0.0311. The lowest BCUT2D eigenvalue weighted by Gasteiger charge is -2.15. The van der Waals surface area contributed by atoms with Crippen molar-refractivity contribution in [3.8, 4) is 11.3 Å². The van der Waals surface area contributed by atoms with Gasteiger partial charge in [-0.15, -0.1) is 23.1 Å². The molecule has 0 saturated heterocycles. The number of nitrogens with zero attached hydrogens (tertiary/aromatic N) is 3. The lowest BCUT2D eigenvalue weighted by atomic mass is 10.1. The van der Waals surface area contributed by atoms with Crippen LogP contribution in [0.4, 0.5) is 11.6 Å². The van der Waals surface area contributed by atoms with Gasteiger partial charge in [0.25, 0.3) is 5.91 Å². The van der Waals surface area contributed by atoms with Gasteiger partial charge in [-0.25, -0.2) is 9.97 Å². The second-order valence-corrected chi connectivity index (χ2v) is 9.00. The number of nitrogens with one attached hydrogen (secondary N) is 1. The first-order valence-electron chi connectivity index (χ1n) is 8.60. The van der Waals surface area contributed by atoms with Crippen LogP contribution < -0.4 is 5.32 Å². The second kappa shape index (κ2) is 6.98. The zero-order chi connectivity index (χ0) is 19.1. The Morgan fingerprint density at radius 2 is 1.89 bits per heavy atom. The minimum absolute atomic E-state index is 0.0311. The number of carbonyl (C=O) groups is 1. The van der Waals surface area contributed by atoms with Crippen LogP contribution in [-0.2, 0) is 5.75 Å². The molecule has 0 spiro atoms. The number of fused-ring (bicyclic) bond motifs is 3. The molecule has 0 aliphatic carbocycles. The zero-order valence-electron chi connectivity index (χ0n) is 15.7. The Kier molecular flexibility index (Phi) is 4.65. The van der Waals surface area contributed by atoms with E-state index in [1.165, 1.54) is 16.0 Å². The Bertz CT molecular complexity index is 1020. The number of benzene rings is 1. The molecule has 1 amide bonds. The number of aryl methyl sites for hydroxylation is 2. The van der Waals surface area contributed by atoms with Crippen LogP contribution in [0.1, 0.15) is 25.7 Å². The highest BCUT2D eigenvalue weighted by molar-refractivity contribution is 7.98. The average molecular weight is 397 g/mol. The summed E-state index contributed by atoms with van der Waals surface area (Å²) in [7, 11) is 3.55. The number of anilines is 2. The van der Waals surface area contributed by atoms with Gasteiger partial charge in [-0.2, -0.15) is 0 Å². The van der Waals surface area contributed by atoms with Gasteiger partial charge >= 0.3 is 0 Å². The molecule has 0 unspecified atom stereocenters. The van der Waals surface area contributed by atoms with Crippen LogP contribution in [0.2, 0.25) is 0 Å². The van der Waals surface area contributed by atoms with Crippen molar-refractivity contribution in [2.24, 2.45) is 0 Å². The number of aromatic nitrogens is 2. The standard InChI is InChI=1S/C20H20N4OS2/c1-11-5-12(2)7-13(6-11)22-20-21-9-16-18(23-20)14-8-15(19(25)24(3)4)27-17(14)10-26-16/h5-9H,10H2,1-4H3,(H,21,22,23). The Hall–Kier alpha value is -2.38. The van der Waals surface area contributed by atoms with E-state index in [2.05, 4.69) is 42.3 Å². The van der Waals surface area contributed by atoms with Gasteiger partial charge in [0.05, 0.1) is 15.5 Å². The van der Waals surface area contributed by atoms with E-state index in [1.807, 2.05) is 12.3 Å². The lowest BCUT2D eigenvalue weighted by Crippen LogP contribution is -2.20. The molecular weight excluding hydrogens is 376 g/mol. The molecule has 3 aromatic rings. The molecule has 7 heteroatoms. The first kappa shape index (κ1) is 18.0. The highest BCUT2D eigenvalue weighted by Crippen LogP contribution is 2.44. The molecule has 1 aliphatic rings. The summed E-state index contributed by atoms with van der Waals surface area (Å²) < 4.78 is 0. The molecule has 4 rings (SSSR count). The van der Waals surface area contributed by atoms with Gasteiger partial charge in [0.1, 0.15) is 0 Å². The maximum absolute atomic E-state index is 12.3. The summed E-state index contributed by atoms with van der Waals surface area (Å²) in [5.41, 5.74) is 5.31. The summed E-state index contributed by atoms with van der Waals surface area (Å²) in [6.45, 7) is 4.15. The van der Waals surface area contributed by atoms with Crippen molar-refractivity contribution in [1.82, 2.24) is 14.9 Å². The molecule has 3 heterocycles. The molecule has 0 saturated carbocycles. The van der Waals surface area contributed by atoms with Crippen molar-refractivity contribution in [1.29, 1.82) is 0 Å². The molecule has 5 nitrogen and oxygen atoms in total. The summed E-state index contributed by atoms with van der Waals surface area (Å²) in [6, 6.07) is 8.26. The van der Waals surface area contributed by atoms with E-state index in [0.29, 0.717) is 5.95 Å². The van der Waals surface area contributed by atoms with Crippen molar-refractivity contribution < 1.29 is 4.79 Å². The number of hydrogen-bond acceptors (Lipinski definition) is 6. The SMILES string of the molecule is Cc1cc(C)cc(Nc2ncc3c(n2)-c2cc(C(=O)N(C)C)sc2CS3)c1. The van der Waals surface area contributed by atoms with E-state index >= 15 is 0 Å². The lowest BCUT2D eigenvalue weighted by molar-refractivity contribution is 0.0832. The zero-order valence-corrected chi connectivity index (χ0v) is 17.3. The van der Waals surface area contributed by atoms with Crippen molar-refractivity contribution in [2.45, 2.75) is 24.5 Å². The third-order valence-corrected chi connectivity index (χ3v) is 6.62. The Morgan fingerprint density at radius 3 is 2.59 bits per heavy atom. The highest BCUT2D eigenvalue weighted by Gasteiger charge is 2.24. The fourth-order valence-electron chi connectivity index (χ4n) is 3.11. The number of thiophene rings is 1. The van der Waals surface area contributed by atoms with Crippen LogP contribution in [0.5, 0.6) is 0 Å². The van der Waals surface area contributed by atoms with Gasteiger partial charge in [0, 0.05) is 42.2 Å². The van der Waals surface area contributed by atoms with Gasteiger partial charge < -0.3 is 10.2 Å².